The first-order chi connectivity index (χ1) is 24.5. The van der Waals surface area contributed by atoms with Crippen LogP contribution in [0.1, 0.15) is 46.3 Å². The number of carbonyl (C=O) groups is 1. The van der Waals surface area contributed by atoms with Gasteiger partial charge in [-0.15, -0.1) is 0 Å². The second-order valence-electron chi connectivity index (χ2n) is 14.5. The van der Waals surface area contributed by atoms with E-state index in [9.17, 15) is 4.79 Å². The Kier molecular flexibility index (Phi) is 12.8. The predicted molar refractivity (Wildman–Crippen MR) is 214 cm³/mol. The standard InChI is InChI=1S/C43H57N5O3/c1-44(2)25-12-28-47(7)40-31-33-17-22-41-37(38(33)32-39(40)42(49)50-8)23-24-43(51-41,34-15-10-9-11-16-34)35-18-20-36(21-19-35)48(29-13-26-45(3)4)30-14-27-46(5)6/h9-11,15-24,31-32H,12-14,25-30H2,1-8H3. The average molecular weight is 692 g/mol. The van der Waals surface area contributed by atoms with Crippen molar-refractivity contribution in [3.05, 3.63) is 107 Å². The van der Waals surface area contributed by atoms with Gasteiger partial charge in [0, 0.05) is 49.1 Å². The van der Waals surface area contributed by atoms with E-state index in [1.165, 1.54) is 12.8 Å². The van der Waals surface area contributed by atoms with E-state index >= 15 is 0 Å². The van der Waals surface area contributed by atoms with Gasteiger partial charge in [-0.1, -0.05) is 48.5 Å². The summed E-state index contributed by atoms with van der Waals surface area (Å²) in [6, 6.07) is 27.6. The lowest BCUT2D eigenvalue weighted by Crippen LogP contribution is -2.34. The molecule has 0 N–H and O–H groups in total. The number of carbonyl (C=O) groups excluding carboxylic acids is 1. The molecular weight excluding hydrogens is 635 g/mol. The van der Waals surface area contributed by atoms with Crippen LogP contribution in [-0.2, 0) is 10.3 Å². The van der Waals surface area contributed by atoms with Gasteiger partial charge < -0.3 is 34.0 Å². The number of benzene rings is 4. The summed E-state index contributed by atoms with van der Waals surface area (Å²) in [6.07, 6.45) is 7.53. The molecule has 0 bridgehead atoms. The summed E-state index contributed by atoms with van der Waals surface area (Å²) in [5.74, 6) is 0.427. The molecule has 1 unspecified atom stereocenters. The summed E-state index contributed by atoms with van der Waals surface area (Å²) in [5, 5.41) is 2.00. The topological polar surface area (TPSA) is 51.7 Å². The average Bonchev–Trinajstić information content (AvgIpc) is 3.13. The van der Waals surface area contributed by atoms with E-state index in [1.807, 2.05) is 19.2 Å². The van der Waals surface area contributed by atoms with Crippen molar-refractivity contribution in [2.75, 3.05) is 106 Å². The van der Waals surface area contributed by atoms with Gasteiger partial charge in [0.05, 0.1) is 18.4 Å². The quantitative estimate of drug-likeness (QED) is 0.109. The van der Waals surface area contributed by atoms with Crippen molar-refractivity contribution in [1.29, 1.82) is 0 Å². The highest BCUT2D eigenvalue weighted by atomic mass is 16.5. The van der Waals surface area contributed by atoms with Gasteiger partial charge in [0.1, 0.15) is 5.75 Å². The van der Waals surface area contributed by atoms with Gasteiger partial charge >= 0.3 is 5.97 Å². The van der Waals surface area contributed by atoms with E-state index in [-0.39, 0.29) is 5.97 Å². The van der Waals surface area contributed by atoms with Gasteiger partial charge in [0.2, 0.25) is 0 Å². The van der Waals surface area contributed by atoms with Crippen LogP contribution in [0, 0.1) is 0 Å². The molecule has 0 radical (unpaired) electrons. The van der Waals surface area contributed by atoms with Gasteiger partial charge in [-0.05, 0) is 134 Å². The molecule has 0 spiro atoms. The molecule has 0 aliphatic carbocycles. The van der Waals surface area contributed by atoms with Crippen molar-refractivity contribution >= 4 is 34.2 Å². The third kappa shape index (κ3) is 9.11. The maximum Gasteiger partial charge on any atom is 0.339 e. The van der Waals surface area contributed by atoms with E-state index in [2.05, 4.69) is 146 Å². The molecule has 0 aromatic heterocycles. The largest absolute Gasteiger partial charge is 0.473 e. The predicted octanol–water partition coefficient (Wildman–Crippen LogP) is 7.07. The summed E-state index contributed by atoms with van der Waals surface area (Å²) in [7, 11) is 16.2. The van der Waals surface area contributed by atoms with Crippen LogP contribution in [-0.4, -0.2) is 116 Å². The van der Waals surface area contributed by atoms with E-state index in [0.717, 1.165) is 97.4 Å². The Hall–Kier alpha value is -4.37. The van der Waals surface area contributed by atoms with Crippen LogP contribution in [0.5, 0.6) is 5.75 Å². The zero-order valence-corrected chi connectivity index (χ0v) is 32.0. The fraction of sp³-hybridized carbons (Fsp3) is 0.419. The molecule has 1 atom stereocenters. The van der Waals surface area contributed by atoms with Crippen LogP contribution >= 0.6 is 0 Å². The van der Waals surface area contributed by atoms with Crippen molar-refractivity contribution in [3.63, 3.8) is 0 Å². The van der Waals surface area contributed by atoms with Crippen LogP contribution < -0.4 is 14.5 Å². The number of fused-ring (bicyclic) bond motifs is 3. The van der Waals surface area contributed by atoms with Gasteiger partial charge in [-0.3, -0.25) is 0 Å². The Morgan fingerprint density at radius 1 is 0.686 bits per heavy atom. The van der Waals surface area contributed by atoms with E-state index in [1.54, 1.807) is 0 Å². The first kappa shape index (κ1) is 37.9. The summed E-state index contributed by atoms with van der Waals surface area (Å²) in [4.78, 5) is 24.5. The van der Waals surface area contributed by atoms with Crippen molar-refractivity contribution in [2.24, 2.45) is 0 Å². The van der Waals surface area contributed by atoms with Crippen molar-refractivity contribution in [1.82, 2.24) is 14.7 Å². The fourth-order valence-electron chi connectivity index (χ4n) is 6.97. The molecule has 1 aliphatic rings. The summed E-state index contributed by atoms with van der Waals surface area (Å²) < 4.78 is 12.4. The molecule has 4 aromatic carbocycles. The number of methoxy groups -OCH3 is 1. The minimum atomic E-state index is -0.821. The Labute approximate surface area is 305 Å². The summed E-state index contributed by atoms with van der Waals surface area (Å²) >= 11 is 0. The number of nitrogens with zero attached hydrogens (tertiary/aromatic N) is 5. The first-order valence-corrected chi connectivity index (χ1v) is 18.2. The minimum absolute atomic E-state index is 0.346. The monoisotopic (exact) mass is 691 g/mol. The number of esters is 1. The maximum absolute atomic E-state index is 13.1. The Morgan fingerprint density at radius 2 is 1.27 bits per heavy atom. The zero-order valence-electron chi connectivity index (χ0n) is 32.0. The Bertz CT molecular complexity index is 1760. The lowest BCUT2D eigenvalue weighted by atomic mass is 9.83. The lowest BCUT2D eigenvalue weighted by Gasteiger charge is -2.37. The second kappa shape index (κ2) is 17.2. The van der Waals surface area contributed by atoms with Gasteiger partial charge in [-0.2, -0.15) is 0 Å². The normalized spacial score (nSPS) is 15.4. The molecule has 1 heterocycles. The fourth-order valence-corrected chi connectivity index (χ4v) is 6.97. The number of ether oxygens (including phenoxy) is 2. The van der Waals surface area contributed by atoms with Crippen molar-refractivity contribution in [3.8, 4) is 5.75 Å². The highest BCUT2D eigenvalue weighted by molar-refractivity contribution is 6.05. The van der Waals surface area contributed by atoms with Crippen LogP contribution in [0.3, 0.4) is 0 Å². The Balaban J connectivity index is 1.51. The first-order valence-electron chi connectivity index (χ1n) is 18.2. The van der Waals surface area contributed by atoms with Gasteiger partial charge in [-0.25, -0.2) is 4.79 Å². The van der Waals surface area contributed by atoms with Crippen LogP contribution in [0.25, 0.3) is 16.8 Å². The van der Waals surface area contributed by atoms with E-state index in [0.29, 0.717) is 5.56 Å². The lowest BCUT2D eigenvalue weighted by molar-refractivity contribution is 0.0601. The minimum Gasteiger partial charge on any atom is -0.473 e. The molecule has 0 saturated carbocycles. The number of hydrogen-bond donors (Lipinski definition) is 0. The SMILES string of the molecule is COC(=O)c1cc2c3c(ccc2cc1N(C)CCCN(C)C)OC(c1ccccc1)(c1ccc(N(CCCN(C)C)CCCN(C)C)cc1)C=C3. The molecular formula is C43H57N5O3. The van der Waals surface area contributed by atoms with E-state index in [4.69, 9.17) is 9.47 Å². The second-order valence-corrected chi connectivity index (χ2v) is 14.5. The zero-order chi connectivity index (χ0) is 36.5. The molecule has 5 rings (SSSR count). The summed E-state index contributed by atoms with van der Waals surface area (Å²) in [6.45, 7) is 5.92. The number of anilines is 2. The molecule has 0 fully saturated rings. The van der Waals surface area contributed by atoms with Crippen LogP contribution in [0.4, 0.5) is 11.4 Å². The van der Waals surface area contributed by atoms with Crippen LogP contribution in [0.2, 0.25) is 0 Å². The molecule has 8 heteroatoms. The Morgan fingerprint density at radius 3 is 1.86 bits per heavy atom. The van der Waals surface area contributed by atoms with Crippen molar-refractivity contribution < 1.29 is 14.3 Å². The number of rotatable bonds is 17. The molecule has 0 amide bonds. The highest BCUT2D eigenvalue weighted by Gasteiger charge is 2.37. The molecule has 1 aliphatic heterocycles. The van der Waals surface area contributed by atoms with Crippen molar-refractivity contribution in [2.45, 2.75) is 24.9 Å². The smallest absolute Gasteiger partial charge is 0.339 e. The maximum atomic E-state index is 13.1. The summed E-state index contributed by atoms with van der Waals surface area (Å²) in [5.41, 5.74) is 4.89. The third-order valence-corrected chi connectivity index (χ3v) is 9.74. The highest BCUT2D eigenvalue weighted by Crippen LogP contribution is 2.45. The molecule has 0 saturated heterocycles. The molecule has 4 aromatic rings. The number of hydrogen-bond acceptors (Lipinski definition) is 8. The molecule has 51 heavy (non-hydrogen) atoms. The van der Waals surface area contributed by atoms with Gasteiger partial charge in [0.25, 0.3) is 0 Å². The third-order valence-electron chi connectivity index (χ3n) is 9.74. The molecule has 272 valence electrons. The molecule has 8 nitrogen and oxygen atoms in total. The van der Waals surface area contributed by atoms with E-state index < -0.39 is 5.60 Å². The van der Waals surface area contributed by atoms with Gasteiger partial charge in [0.15, 0.2) is 5.60 Å². The van der Waals surface area contributed by atoms with Crippen LogP contribution in [0.15, 0.2) is 84.9 Å².